The molecule has 0 radical (unpaired) electrons. The SMILES string of the molecule is COc1ccc2nc(Nc3ccc(-c4ccc(C(=O)[C@@H]5CC[C@H]5C(=O)O)cc4)cc3)sc2c1. The molecular weight excluding hydrogens is 436 g/mol. The smallest absolute Gasteiger partial charge is 0.307 e. The standard InChI is InChI=1S/C26H22N2O4S/c1-32-19-10-13-22-23(14-19)33-26(28-22)27-18-8-6-16(7-9-18)15-2-4-17(5-3-15)24(29)20-11-12-21(20)25(30)31/h2-10,13-14,20-21H,11-12H2,1H3,(H,27,28)(H,30,31)/t20-,21-/m1/s1. The highest BCUT2D eigenvalue weighted by atomic mass is 32.1. The predicted octanol–water partition coefficient (Wildman–Crippen LogP) is 6.01. The minimum absolute atomic E-state index is 0.0757. The van der Waals surface area contributed by atoms with Crippen LogP contribution in [0.3, 0.4) is 0 Å². The number of methoxy groups -OCH3 is 1. The molecule has 33 heavy (non-hydrogen) atoms. The molecule has 0 unspecified atom stereocenters. The maximum atomic E-state index is 12.6. The second-order valence-electron chi connectivity index (χ2n) is 8.13. The van der Waals surface area contributed by atoms with Crippen LogP contribution >= 0.6 is 11.3 Å². The number of hydrogen-bond donors (Lipinski definition) is 2. The summed E-state index contributed by atoms with van der Waals surface area (Å²) in [7, 11) is 1.65. The Bertz CT molecular complexity index is 1330. The van der Waals surface area contributed by atoms with Gasteiger partial charge in [-0.2, -0.15) is 0 Å². The van der Waals surface area contributed by atoms with E-state index in [0.717, 1.165) is 37.9 Å². The molecule has 166 valence electrons. The summed E-state index contributed by atoms with van der Waals surface area (Å²) in [6.45, 7) is 0. The highest BCUT2D eigenvalue weighted by molar-refractivity contribution is 7.22. The van der Waals surface area contributed by atoms with E-state index < -0.39 is 17.8 Å². The number of rotatable bonds is 7. The Balaban J connectivity index is 1.27. The summed E-state index contributed by atoms with van der Waals surface area (Å²) >= 11 is 1.57. The number of Topliss-reactive ketones (excluding diaryl/α,β-unsaturated/α-hetero) is 1. The zero-order valence-corrected chi connectivity index (χ0v) is 18.8. The van der Waals surface area contributed by atoms with E-state index in [0.29, 0.717) is 18.4 Å². The first-order chi connectivity index (χ1) is 16.0. The lowest BCUT2D eigenvalue weighted by Gasteiger charge is -2.31. The molecule has 1 fully saturated rings. The number of aliphatic carboxylic acids is 1. The van der Waals surface area contributed by atoms with Crippen molar-refractivity contribution < 1.29 is 19.4 Å². The Labute approximate surface area is 194 Å². The lowest BCUT2D eigenvalue weighted by molar-refractivity contribution is -0.146. The van der Waals surface area contributed by atoms with E-state index in [-0.39, 0.29) is 5.78 Å². The zero-order chi connectivity index (χ0) is 22.9. The lowest BCUT2D eigenvalue weighted by atomic mass is 9.70. The monoisotopic (exact) mass is 458 g/mol. The van der Waals surface area contributed by atoms with Gasteiger partial charge in [0, 0.05) is 17.2 Å². The summed E-state index contributed by atoms with van der Waals surface area (Å²) in [5.41, 5.74) is 4.45. The van der Waals surface area contributed by atoms with Gasteiger partial charge in [0.25, 0.3) is 0 Å². The van der Waals surface area contributed by atoms with Gasteiger partial charge in [0.2, 0.25) is 0 Å². The van der Waals surface area contributed by atoms with Crippen LogP contribution in [0.15, 0.2) is 66.7 Å². The molecule has 7 heteroatoms. The van der Waals surface area contributed by atoms with Crippen LogP contribution in [0.25, 0.3) is 21.3 Å². The van der Waals surface area contributed by atoms with Crippen molar-refractivity contribution in [2.75, 3.05) is 12.4 Å². The van der Waals surface area contributed by atoms with Crippen molar-refractivity contribution in [3.8, 4) is 16.9 Å². The first-order valence-electron chi connectivity index (χ1n) is 10.7. The number of carbonyl (C=O) groups excluding carboxylic acids is 1. The third-order valence-corrected chi connectivity index (χ3v) is 7.10. The van der Waals surface area contributed by atoms with Gasteiger partial charge in [-0.3, -0.25) is 9.59 Å². The van der Waals surface area contributed by atoms with Crippen LogP contribution in [0.2, 0.25) is 0 Å². The first kappa shape index (κ1) is 21.2. The molecule has 0 bridgehead atoms. The van der Waals surface area contributed by atoms with Crippen molar-refractivity contribution in [1.29, 1.82) is 0 Å². The number of aromatic nitrogens is 1. The molecule has 3 aromatic carbocycles. The van der Waals surface area contributed by atoms with E-state index in [1.54, 1.807) is 30.6 Å². The third-order valence-electron chi connectivity index (χ3n) is 6.16. The van der Waals surface area contributed by atoms with Crippen LogP contribution in [0.5, 0.6) is 5.75 Å². The quantitative estimate of drug-likeness (QED) is 0.330. The summed E-state index contributed by atoms with van der Waals surface area (Å²) in [5.74, 6) is -1.09. The highest BCUT2D eigenvalue weighted by Crippen LogP contribution is 2.37. The topological polar surface area (TPSA) is 88.5 Å². The molecule has 0 aliphatic heterocycles. The Kier molecular flexibility index (Phi) is 5.56. The van der Waals surface area contributed by atoms with E-state index in [9.17, 15) is 14.7 Å². The number of hydrogen-bond acceptors (Lipinski definition) is 6. The number of ether oxygens (including phenoxy) is 1. The van der Waals surface area contributed by atoms with E-state index in [1.807, 2.05) is 54.6 Å². The lowest BCUT2D eigenvalue weighted by Crippen LogP contribution is -2.38. The van der Waals surface area contributed by atoms with Gasteiger partial charge in [-0.1, -0.05) is 47.7 Å². The molecule has 5 rings (SSSR count). The molecule has 2 atom stereocenters. The molecular formula is C26H22N2O4S. The van der Waals surface area contributed by atoms with Crippen molar-refractivity contribution in [3.63, 3.8) is 0 Å². The normalized spacial score (nSPS) is 17.4. The first-order valence-corrected chi connectivity index (χ1v) is 11.5. The van der Waals surface area contributed by atoms with Crippen LogP contribution < -0.4 is 10.1 Å². The largest absolute Gasteiger partial charge is 0.497 e. The fourth-order valence-electron chi connectivity index (χ4n) is 4.11. The van der Waals surface area contributed by atoms with Crippen molar-refractivity contribution in [2.45, 2.75) is 12.8 Å². The fourth-order valence-corrected chi connectivity index (χ4v) is 5.02. The highest BCUT2D eigenvalue weighted by Gasteiger charge is 2.41. The van der Waals surface area contributed by atoms with Gasteiger partial charge >= 0.3 is 5.97 Å². The number of carboxylic acid groups (broad SMARTS) is 1. The molecule has 2 N–H and O–H groups in total. The molecule has 1 aromatic heterocycles. The van der Waals surface area contributed by atoms with Crippen molar-refractivity contribution in [2.24, 2.45) is 11.8 Å². The number of fused-ring (bicyclic) bond motifs is 1. The second-order valence-corrected chi connectivity index (χ2v) is 9.16. The number of ketones is 1. The van der Waals surface area contributed by atoms with Gasteiger partial charge in [0.15, 0.2) is 10.9 Å². The number of thiazole rings is 1. The number of nitrogens with one attached hydrogen (secondary N) is 1. The van der Waals surface area contributed by atoms with Gasteiger partial charge < -0.3 is 15.2 Å². The molecule has 1 aliphatic carbocycles. The number of carboxylic acids is 1. The van der Waals surface area contributed by atoms with Gasteiger partial charge in [-0.25, -0.2) is 4.98 Å². The van der Waals surface area contributed by atoms with Crippen molar-refractivity contribution in [1.82, 2.24) is 4.98 Å². The van der Waals surface area contributed by atoms with Crippen LogP contribution in [0.4, 0.5) is 10.8 Å². The average Bonchev–Trinajstić information content (AvgIpc) is 3.20. The fraction of sp³-hybridized carbons (Fsp3) is 0.192. The molecule has 1 aliphatic rings. The number of benzene rings is 3. The maximum Gasteiger partial charge on any atom is 0.307 e. The Hall–Kier alpha value is -3.71. The van der Waals surface area contributed by atoms with E-state index >= 15 is 0 Å². The minimum Gasteiger partial charge on any atom is -0.497 e. The molecule has 1 heterocycles. The van der Waals surface area contributed by atoms with Gasteiger partial charge in [-0.15, -0.1) is 0 Å². The summed E-state index contributed by atoms with van der Waals surface area (Å²) < 4.78 is 6.33. The molecule has 0 spiro atoms. The summed E-state index contributed by atoms with van der Waals surface area (Å²) in [6.07, 6.45) is 1.23. The van der Waals surface area contributed by atoms with E-state index in [2.05, 4.69) is 10.3 Å². The molecule has 6 nitrogen and oxygen atoms in total. The number of anilines is 2. The van der Waals surface area contributed by atoms with Crippen LogP contribution in [-0.4, -0.2) is 29.0 Å². The zero-order valence-electron chi connectivity index (χ0n) is 17.9. The predicted molar refractivity (Wildman–Crippen MR) is 130 cm³/mol. The Morgan fingerprint density at radius 1 is 0.970 bits per heavy atom. The number of nitrogens with zero attached hydrogens (tertiary/aromatic N) is 1. The Morgan fingerprint density at radius 2 is 1.64 bits per heavy atom. The van der Waals surface area contributed by atoms with E-state index in [4.69, 9.17) is 4.74 Å². The van der Waals surface area contributed by atoms with Crippen LogP contribution in [0, 0.1) is 11.8 Å². The van der Waals surface area contributed by atoms with Gasteiger partial charge in [0.1, 0.15) is 5.75 Å². The van der Waals surface area contributed by atoms with Crippen molar-refractivity contribution in [3.05, 3.63) is 72.3 Å². The average molecular weight is 459 g/mol. The van der Waals surface area contributed by atoms with Gasteiger partial charge in [-0.05, 0) is 54.3 Å². The molecule has 1 saturated carbocycles. The minimum atomic E-state index is -0.879. The molecule has 0 saturated heterocycles. The summed E-state index contributed by atoms with van der Waals surface area (Å²) in [4.78, 5) is 28.5. The number of carbonyl (C=O) groups is 2. The van der Waals surface area contributed by atoms with Crippen molar-refractivity contribution >= 4 is 44.1 Å². The summed E-state index contributed by atoms with van der Waals surface area (Å²) in [6, 6.07) is 21.2. The Morgan fingerprint density at radius 3 is 2.24 bits per heavy atom. The second kappa shape index (κ2) is 8.67. The van der Waals surface area contributed by atoms with Crippen LogP contribution in [0.1, 0.15) is 23.2 Å². The van der Waals surface area contributed by atoms with E-state index in [1.165, 1.54) is 0 Å². The molecule has 0 amide bonds. The molecule has 4 aromatic rings. The third kappa shape index (κ3) is 4.19. The van der Waals surface area contributed by atoms with Gasteiger partial charge in [0.05, 0.1) is 23.2 Å². The maximum absolute atomic E-state index is 12.6. The summed E-state index contributed by atoms with van der Waals surface area (Å²) in [5, 5.41) is 13.4. The van der Waals surface area contributed by atoms with Crippen LogP contribution in [-0.2, 0) is 4.79 Å².